The summed E-state index contributed by atoms with van der Waals surface area (Å²) in [4.78, 5) is 18.2. The monoisotopic (exact) mass is 383 g/mol. The zero-order valence-electron chi connectivity index (χ0n) is 15.8. The number of nitrogens with zero attached hydrogens (tertiary/aromatic N) is 2. The second-order valence-corrected chi connectivity index (χ2v) is 6.26. The molecule has 2 rings (SSSR count). The molecule has 1 saturated heterocycles. The Morgan fingerprint density at radius 1 is 1.37 bits per heavy atom. The minimum atomic E-state index is -2.50. The number of esters is 1. The highest BCUT2D eigenvalue weighted by molar-refractivity contribution is 5.80. The molecule has 1 aliphatic rings. The van der Waals surface area contributed by atoms with Gasteiger partial charge in [0.05, 0.1) is 12.5 Å². The molecule has 0 amide bonds. The van der Waals surface area contributed by atoms with Crippen LogP contribution < -0.4 is 10.1 Å². The summed E-state index contributed by atoms with van der Waals surface area (Å²) in [7, 11) is 1.71. The second-order valence-electron chi connectivity index (χ2n) is 6.26. The largest absolute Gasteiger partial charge is 0.488 e. The lowest BCUT2D eigenvalue weighted by Gasteiger charge is -2.33. The summed E-state index contributed by atoms with van der Waals surface area (Å²) in [6.07, 6.45) is -1.03. The van der Waals surface area contributed by atoms with Crippen molar-refractivity contribution in [1.29, 1.82) is 0 Å². The smallest absolute Gasteiger partial charge is 0.309 e. The predicted molar refractivity (Wildman–Crippen MR) is 99.1 cm³/mol. The number of likely N-dealkylation sites (tertiary alicyclic amines) is 1. The molecule has 1 aliphatic heterocycles. The van der Waals surface area contributed by atoms with Gasteiger partial charge in [-0.15, -0.1) is 0 Å². The molecule has 6 nitrogen and oxygen atoms in total. The Balaban J connectivity index is 1.84. The fraction of sp³-hybridized carbons (Fsp3) is 0.579. The van der Waals surface area contributed by atoms with Gasteiger partial charge in [0.2, 0.25) is 0 Å². The van der Waals surface area contributed by atoms with Crippen LogP contribution in [0.5, 0.6) is 5.75 Å². The number of hydrogen-bond donors (Lipinski definition) is 1. The van der Waals surface area contributed by atoms with Gasteiger partial charge in [-0.05, 0) is 37.5 Å². The standard InChI is InChI=1S/C19H27F2N3O3/c1-3-26-18(25)15-7-9-24(10-8-15)19(22-2)23-12-14-5-4-6-16(11-14)27-13-17(20)21/h4-6,11,15,17H,3,7-10,12-13H2,1-2H3,(H,22,23). The molecule has 0 aliphatic carbocycles. The van der Waals surface area contributed by atoms with Crippen LogP contribution in [0.4, 0.5) is 8.78 Å². The molecule has 0 atom stereocenters. The number of hydrogen-bond acceptors (Lipinski definition) is 4. The second kappa shape index (κ2) is 10.7. The van der Waals surface area contributed by atoms with E-state index in [4.69, 9.17) is 9.47 Å². The molecule has 1 aromatic carbocycles. The average Bonchev–Trinajstić information content (AvgIpc) is 2.68. The highest BCUT2D eigenvalue weighted by Gasteiger charge is 2.27. The summed E-state index contributed by atoms with van der Waals surface area (Å²) >= 11 is 0. The zero-order valence-corrected chi connectivity index (χ0v) is 15.8. The summed E-state index contributed by atoms with van der Waals surface area (Å²) < 4.78 is 34.7. The van der Waals surface area contributed by atoms with Crippen molar-refractivity contribution in [2.75, 3.05) is 33.4 Å². The molecule has 0 aromatic heterocycles. The van der Waals surface area contributed by atoms with Crippen LogP contribution in [-0.4, -0.2) is 56.6 Å². The third kappa shape index (κ3) is 6.69. The first-order valence-electron chi connectivity index (χ1n) is 9.15. The third-order valence-corrected chi connectivity index (χ3v) is 4.35. The average molecular weight is 383 g/mol. The van der Waals surface area contributed by atoms with E-state index in [1.54, 1.807) is 25.2 Å². The number of alkyl halides is 2. The molecule has 0 bridgehead atoms. The first kappa shape index (κ1) is 20.9. The zero-order chi connectivity index (χ0) is 19.6. The minimum Gasteiger partial charge on any atom is -0.488 e. The molecule has 150 valence electrons. The van der Waals surface area contributed by atoms with Gasteiger partial charge < -0.3 is 19.7 Å². The van der Waals surface area contributed by atoms with E-state index in [1.807, 2.05) is 13.0 Å². The van der Waals surface area contributed by atoms with Gasteiger partial charge in [-0.1, -0.05) is 12.1 Å². The fourth-order valence-electron chi connectivity index (χ4n) is 3.00. The molecule has 8 heteroatoms. The Morgan fingerprint density at radius 2 is 2.11 bits per heavy atom. The van der Waals surface area contributed by atoms with Crippen LogP contribution >= 0.6 is 0 Å². The van der Waals surface area contributed by atoms with Crippen molar-refractivity contribution < 1.29 is 23.0 Å². The number of benzene rings is 1. The number of carbonyl (C=O) groups is 1. The van der Waals surface area contributed by atoms with E-state index < -0.39 is 13.0 Å². The van der Waals surface area contributed by atoms with Crippen LogP contribution in [0.15, 0.2) is 29.3 Å². The van der Waals surface area contributed by atoms with E-state index in [0.717, 1.165) is 37.5 Å². The lowest BCUT2D eigenvalue weighted by molar-refractivity contribution is -0.149. The molecular formula is C19H27F2N3O3. The van der Waals surface area contributed by atoms with Crippen molar-refractivity contribution in [3.63, 3.8) is 0 Å². The Kier molecular flexibility index (Phi) is 8.29. The highest BCUT2D eigenvalue weighted by atomic mass is 19.3. The Bertz CT molecular complexity index is 632. The molecule has 0 saturated carbocycles. The Hall–Kier alpha value is -2.38. The lowest BCUT2D eigenvalue weighted by Crippen LogP contribution is -2.46. The Morgan fingerprint density at radius 3 is 2.74 bits per heavy atom. The van der Waals surface area contributed by atoms with Crippen molar-refractivity contribution in [2.24, 2.45) is 10.9 Å². The number of ether oxygens (including phenoxy) is 2. The molecular weight excluding hydrogens is 356 g/mol. The maximum atomic E-state index is 12.3. The topological polar surface area (TPSA) is 63.2 Å². The van der Waals surface area contributed by atoms with E-state index in [1.165, 1.54) is 0 Å². The number of nitrogens with one attached hydrogen (secondary N) is 1. The van der Waals surface area contributed by atoms with Gasteiger partial charge in [-0.2, -0.15) is 0 Å². The van der Waals surface area contributed by atoms with Crippen LogP contribution in [0.1, 0.15) is 25.3 Å². The van der Waals surface area contributed by atoms with E-state index in [9.17, 15) is 13.6 Å². The summed E-state index contributed by atoms with van der Waals surface area (Å²) in [5.74, 6) is 0.986. The molecule has 0 unspecified atom stereocenters. The van der Waals surface area contributed by atoms with Gasteiger partial charge in [0.15, 0.2) is 5.96 Å². The fourth-order valence-corrected chi connectivity index (χ4v) is 3.00. The van der Waals surface area contributed by atoms with Gasteiger partial charge >= 0.3 is 5.97 Å². The lowest BCUT2D eigenvalue weighted by atomic mass is 9.97. The maximum Gasteiger partial charge on any atom is 0.309 e. The van der Waals surface area contributed by atoms with E-state index >= 15 is 0 Å². The Labute approximate surface area is 158 Å². The van der Waals surface area contributed by atoms with Crippen LogP contribution in [0.2, 0.25) is 0 Å². The summed E-state index contributed by atoms with van der Waals surface area (Å²) in [5.41, 5.74) is 0.907. The van der Waals surface area contributed by atoms with Crippen molar-refractivity contribution in [3.05, 3.63) is 29.8 Å². The quantitative estimate of drug-likeness (QED) is 0.446. The van der Waals surface area contributed by atoms with Crippen LogP contribution in [0, 0.1) is 5.92 Å². The van der Waals surface area contributed by atoms with E-state index in [-0.39, 0.29) is 11.9 Å². The number of aliphatic imine (C=N–C) groups is 1. The first-order chi connectivity index (χ1) is 13.0. The maximum absolute atomic E-state index is 12.3. The molecule has 0 spiro atoms. The minimum absolute atomic E-state index is 0.0528. The molecule has 1 fully saturated rings. The SMILES string of the molecule is CCOC(=O)C1CCN(C(=NC)NCc2cccc(OCC(F)F)c2)CC1. The molecule has 1 heterocycles. The van der Waals surface area contributed by atoms with Gasteiger partial charge in [0, 0.05) is 26.7 Å². The van der Waals surface area contributed by atoms with E-state index in [0.29, 0.717) is 18.9 Å². The third-order valence-electron chi connectivity index (χ3n) is 4.35. The molecule has 1 N–H and O–H groups in total. The summed E-state index contributed by atoms with van der Waals surface area (Å²) in [5, 5.41) is 3.27. The predicted octanol–water partition coefficient (Wildman–Crippen LogP) is 2.68. The molecule has 27 heavy (non-hydrogen) atoms. The van der Waals surface area contributed by atoms with Crippen molar-refractivity contribution in [1.82, 2.24) is 10.2 Å². The number of guanidine groups is 1. The number of piperidine rings is 1. The number of carbonyl (C=O) groups excluding carboxylic acids is 1. The van der Waals surface area contributed by atoms with Crippen molar-refractivity contribution in [2.45, 2.75) is 32.7 Å². The molecule has 0 radical (unpaired) electrons. The van der Waals surface area contributed by atoms with E-state index in [2.05, 4.69) is 15.2 Å². The van der Waals surface area contributed by atoms with Gasteiger partial charge in [-0.25, -0.2) is 8.78 Å². The van der Waals surface area contributed by atoms with Crippen molar-refractivity contribution in [3.8, 4) is 5.75 Å². The van der Waals surface area contributed by atoms with Crippen molar-refractivity contribution >= 4 is 11.9 Å². The summed E-state index contributed by atoms with van der Waals surface area (Å²) in [6, 6.07) is 7.05. The van der Waals surface area contributed by atoms with Gasteiger partial charge in [0.25, 0.3) is 6.43 Å². The van der Waals surface area contributed by atoms with Crippen LogP contribution in [0.3, 0.4) is 0 Å². The van der Waals surface area contributed by atoms with Gasteiger partial charge in [-0.3, -0.25) is 9.79 Å². The van der Waals surface area contributed by atoms with Gasteiger partial charge in [0.1, 0.15) is 12.4 Å². The van der Waals surface area contributed by atoms with Crippen LogP contribution in [-0.2, 0) is 16.1 Å². The van der Waals surface area contributed by atoms with Crippen LogP contribution in [0.25, 0.3) is 0 Å². The normalized spacial score (nSPS) is 15.7. The highest BCUT2D eigenvalue weighted by Crippen LogP contribution is 2.19. The summed E-state index contributed by atoms with van der Waals surface area (Å²) in [6.45, 7) is 3.54. The number of rotatable bonds is 7. The molecule has 1 aromatic rings. The first-order valence-corrected chi connectivity index (χ1v) is 9.15. The number of halogens is 2.